The summed E-state index contributed by atoms with van der Waals surface area (Å²) in [6.07, 6.45) is 13.3. The molecule has 0 spiro atoms. The number of rotatable bonds is 0. The molecule has 0 aliphatic carbocycles. The van der Waals surface area contributed by atoms with Crippen LogP contribution in [-0.4, -0.2) is 12.1 Å². The minimum Gasteiger partial charge on any atom is -0.459 e. The van der Waals surface area contributed by atoms with E-state index in [9.17, 15) is 4.79 Å². The van der Waals surface area contributed by atoms with Gasteiger partial charge in [0.1, 0.15) is 0 Å². The smallest absolute Gasteiger partial charge is 0.338 e. The van der Waals surface area contributed by atoms with Gasteiger partial charge in [0.25, 0.3) is 0 Å². The monoisotopic (exact) mass is 270 g/mol. The maximum absolute atomic E-state index is 12.2. The SMILES string of the molecule is C[C@@H]1CCCC=CC=CCCc2ccccc2C(=O)O1. The van der Waals surface area contributed by atoms with Crippen molar-refractivity contribution < 1.29 is 9.53 Å². The fraction of sp³-hybridized carbons (Fsp3) is 0.389. The second-order valence-corrected chi connectivity index (χ2v) is 5.20. The van der Waals surface area contributed by atoms with Crippen molar-refractivity contribution in [2.24, 2.45) is 0 Å². The molecule has 0 aromatic heterocycles. The van der Waals surface area contributed by atoms with E-state index < -0.39 is 0 Å². The van der Waals surface area contributed by atoms with Gasteiger partial charge in [-0.2, -0.15) is 0 Å². The molecule has 0 fully saturated rings. The summed E-state index contributed by atoms with van der Waals surface area (Å²) in [4.78, 5) is 12.2. The summed E-state index contributed by atoms with van der Waals surface area (Å²) in [7, 11) is 0. The number of hydrogen-bond donors (Lipinski definition) is 0. The van der Waals surface area contributed by atoms with E-state index in [1.54, 1.807) is 0 Å². The average molecular weight is 270 g/mol. The molecule has 0 N–H and O–H groups in total. The first-order valence-electron chi connectivity index (χ1n) is 7.38. The highest BCUT2D eigenvalue weighted by Gasteiger charge is 2.15. The average Bonchev–Trinajstić information content (AvgIpc) is 2.45. The number of esters is 1. The van der Waals surface area contributed by atoms with E-state index in [4.69, 9.17) is 4.74 Å². The zero-order valence-electron chi connectivity index (χ0n) is 12.0. The van der Waals surface area contributed by atoms with Gasteiger partial charge in [-0.15, -0.1) is 0 Å². The van der Waals surface area contributed by atoms with Crippen LogP contribution in [0.5, 0.6) is 0 Å². The highest BCUT2D eigenvalue weighted by atomic mass is 16.5. The number of hydrogen-bond acceptors (Lipinski definition) is 2. The number of fused-ring (bicyclic) bond motifs is 1. The fourth-order valence-electron chi connectivity index (χ4n) is 2.35. The Bertz CT molecular complexity index is 500. The van der Waals surface area contributed by atoms with Crippen LogP contribution in [0.25, 0.3) is 0 Å². The molecule has 2 rings (SSSR count). The predicted molar refractivity (Wildman–Crippen MR) is 81.8 cm³/mol. The summed E-state index contributed by atoms with van der Waals surface area (Å²) in [5.41, 5.74) is 1.77. The molecule has 1 aliphatic rings. The van der Waals surface area contributed by atoms with Crippen molar-refractivity contribution in [2.45, 2.75) is 45.1 Å². The molecule has 1 atom stereocenters. The van der Waals surface area contributed by atoms with E-state index >= 15 is 0 Å². The van der Waals surface area contributed by atoms with Crippen LogP contribution in [0.1, 0.15) is 48.5 Å². The van der Waals surface area contributed by atoms with Crippen molar-refractivity contribution in [3.05, 3.63) is 59.7 Å². The normalized spacial score (nSPS) is 20.9. The molecule has 0 saturated carbocycles. The van der Waals surface area contributed by atoms with Crippen molar-refractivity contribution in [2.75, 3.05) is 0 Å². The van der Waals surface area contributed by atoms with Crippen LogP contribution in [0.4, 0.5) is 0 Å². The van der Waals surface area contributed by atoms with Gasteiger partial charge >= 0.3 is 5.97 Å². The largest absolute Gasteiger partial charge is 0.459 e. The molecule has 0 amide bonds. The lowest BCUT2D eigenvalue weighted by Crippen LogP contribution is -2.16. The summed E-state index contributed by atoms with van der Waals surface area (Å²) in [6, 6.07) is 7.74. The lowest BCUT2D eigenvalue weighted by Gasteiger charge is -2.14. The van der Waals surface area contributed by atoms with Gasteiger partial charge in [-0.1, -0.05) is 42.5 Å². The molecule has 0 bridgehead atoms. The number of carbonyl (C=O) groups is 1. The van der Waals surface area contributed by atoms with Gasteiger partial charge in [0, 0.05) is 0 Å². The molecule has 0 radical (unpaired) electrons. The van der Waals surface area contributed by atoms with Crippen molar-refractivity contribution in [1.29, 1.82) is 0 Å². The summed E-state index contributed by atoms with van der Waals surface area (Å²) in [6.45, 7) is 1.97. The van der Waals surface area contributed by atoms with Crippen LogP contribution in [0.2, 0.25) is 0 Å². The van der Waals surface area contributed by atoms with E-state index in [0.717, 1.165) is 37.7 Å². The van der Waals surface area contributed by atoms with Crippen LogP contribution in [0.15, 0.2) is 48.6 Å². The molecule has 0 saturated heterocycles. The van der Waals surface area contributed by atoms with Crippen molar-refractivity contribution in [3.63, 3.8) is 0 Å². The Labute approximate surface area is 121 Å². The minimum absolute atomic E-state index is 0.0255. The third-order valence-electron chi connectivity index (χ3n) is 3.49. The third kappa shape index (κ3) is 4.37. The van der Waals surface area contributed by atoms with Gasteiger partial charge in [-0.05, 0) is 50.7 Å². The number of aryl methyl sites for hydroxylation is 1. The Kier molecular flexibility index (Phi) is 5.60. The molecule has 0 unspecified atom stereocenters. The topological polar surface area (TPSA) is 26.3 Å². The predicted octanol–water partition coefficient (Wildman–Crippen LogP) is 4.46. The van der Waals surface area contributed by atoms with Gasteiger partial charge in [0.05, 0.1) is 11.7 Å². The molecule has 1 aromatic carbocycles. The Morgan fingerprint density at radius 3 is 2.70 bits per heavy atom. The summed E-state index contributed by atoms with van der Waals surface area (Å²) < 4.78 is 5.54. The second kappa shape index (κ2) is 7.68. The molecule has 1 aromatic rings. The van der Waals surface area contributed by atoms with Gasteiger partial charge in [-0.25, -0.2) is 4.79 Å². The lowest BCUT2D eigenvalue weighted by atomic mass is 10.0. The Balaban J connectivity index is 2.18. The molecular formula is C18H22O2. The summed E-state index contributed by atoms with van der Waals surface area (Å²) in [5.74, 6) is -0.190. The maximum Gasteiger partial charge on any atom is 0.338 e. The Morgan fingerprint density at radius 2 is 1.85 bits per heavy atom. The summed E-state index contributed by atoms with van der Waals surface area (Å²) >= 11 is 0. The van der Waals surface area contributed by atoms with Gasteiger partial charge in [0.2, 0.25) is 0 Å². The lowest BCUT2D eigenvalue weighted by molar-refractivity contribution is 0.0320. The highest BCUT2D eigenvalue weighted by Crippen LogP contribution is 2.16. The van der Waals surface area contributed by atoms with Crippen LogP contribution in [-0.2, 0) is 11.2 Å². The first-order chi connectivity index (χ1) is 9.77. The van der Waals surface area contributed by atoms with Gasteiger partial charge < -0.3 is 4.74 Å². The number of benzene rings is 1. The first kappa shape index (κ1) is 14.6. The zero-order chi connectivity index (χ0) is 14.2. The molecule has 1 aliphatic heterocycles. The Hall–Kier alpha value is -1.83. The van der Waals surface area contributed by atoms with Gasteiger partial charge in [-0.3, -0.25) is 0 Å². The molecule has 106 valence electrons. The van der Waals surface area contributed by atoms with Gasteiger partial charge in [0.15, 0.2) is 0 Å². The third-order valence-corrected chi connectivity index (χ3v) is 3.49. The number of allylic oxidation sites excluding steroid dienone is 4. The van der Waals surface area contributed by atoms with Crippen LogP contribution >= 0.6 is 0 Å². The first-order valence-corrected chi connectivity index (χ1v) is 7.38. The quantitative estimate of drug-likeness (QED) is 0.650. The van der Waals surface area contributed by atoms with Crippen molar-refractivity contribution in [3.8, 4) is 0 Å². The number of cyclic esters (lactones) is 1. The zero-order valence-corrected chi connectivity index (χ0v) is 12.0. The Morgan fingerprint density at radius 1 is 1.10 bits per heavy atom. The molecule has 20 heavy (non-hydrogen) atoms. The fourth-order valence-corrected chi connectivity index (χ4v) is 2.35. The molecular weight excluding hydrogens is 248 g/mol. The van der Waals surface area contributed by atoms with E-state index in [-0.39, 0.29) is 12.1 Å². The number of carbonyl (C=O) groups excluding carboxylic acids is 1. The highest BCUT2D eigenvalue weighted by molar-refractivity contribution is 5.91. The maximum atomic E-state index is 12.2. The van der Waals surface area contributed by atoms with Crippen molar-refractivity contribution in [1.82, 2.24) is 0 Å². The molecule has 2 heteroatoms. The van der Waals surface area contributed by atoms with E-state index in [1.165, 1.54) is 0 Å². The van der Waals surface area contributed by atoms with Crippen molar-refractivity contribution >= 4 is 5.97 Å². The van der Waals surface area contributed by atoms with Crippen LogP contribution in [0, 0.1) is 0 Å². The van der Waals surface area contributed by atoms with Crippen LogP contribution < -0.4 is 0 Å². The van der Waals surface area contributed by atoms with Crippen LogP contribution in [0.3, 0.4) is 0 Å². The second-order valence-electron chi connectivity index (χ2n) is 5.20. The van der Waals surface area contributed by atoms with E-state index in [0.29, 0.717) is 5.56 Å². The molecule has 2 nitrogen and oxygen atoms in total. The van der Waals surface area contributed by atoms with E-state index in [1.807, 2.05) is 31.2 Å². The number of ether oxygens (including phenoxy) is 1. The molecule has 1 heterocycles. The van der Waals surface area contributed by atoms with E-state index in [2.05, 4.69) is 24.3 Å². The minimum atomic E-state index is -0.190. The standard InChI is InChI=1S/C18H22O2/c1-15-11-7-5-3-2-4-6-8-12-16-13-9-10-14-17(16)18(19)20-15/h2-4,6,9-10,13-15H,5,7-8,11-12H2,1H3/t15-/m1/s1. The summed E-state index contributed by atoms with van der Waals surface area (Å²) in [5, 5.41) is 0.